The maximum Gasteiger partial charge on any atom is 0.337 e. The molecular formula is C60H84O34. The van der Waals surface area contributed by atoms with Crippen molar-refractivity contribution < 1.29 is 166 Å². The number of aliphatic hydroxyl groups excluding tert-OH is 13. The number of rotatable bonds is 24. The standard InChI is InChI=1S/C60H84O34/c1-8-24-27(32(52(77)80-5)20-84-55(24)92-58-49(74)46(71)43(68)37(16-62)89-58)12-40(65)83-19-31-23(4)35(87-41(66)13-28-25(9-2)56(85-21-33(28)53(78)81-6)93-59-50(75)47(72)44(69)38(17-63)90-59)11-30(31)36(15-61)88-42(67)14-29-26(10-3)57(86-22-34(29)54(79)82-7)94-60-51(76)48(73)45(70)39(18-64)91-60/h8-10,20-23,27-31,35-39,43-51,55-64,68-76H,11-19H2,1-7H3. The third kappa shape index (κ3) is 16.5. The quantitative estimate of drug-likeness (QED) is 0.0245. The van der Waals surface area contributed by atoms with Crippen molar-refractivity contribution in [2.45, 2.75) is 177 Å². The molecule has 34 heteroatoms. The van der Waals surface area contributed by atoms with E-state index in [4.69, 9.17) is 71.1 Å². The average molecular weight is 1350 g/mol. The fourth-order valence-corrected chi connectivity index (χ4v) is 12.4. The maximum absolute atomic E-state index is 14.4. The van der Waals surface area contributed by atoms with Gasteiger partial charge in [-0.3, -0.25) is 14.4 Å². The van der Waals surface area contributed by atoms with Gasteiger partial charge in [0.05, 0.1) is 109 Å². The number of aliphatic hydroxyl groups is 13. The Bertz CT molecular complexity index is 2830. The van der Waals surface area contributed by atoms with E-state index in [1.807, 2.05) is 0 Å². The number of ether oxygens (including phenoxy) is 15. The minimum Gasteiger partial charge on any atom is -0.468 e. The Morgan fingerprint density at radius 3 is 1.16 bits per heavy atom. The zero-order valence-electron chi connectivity index (χ0n) is 52.2. The van der Waals surface area contributed by atoms with Crippen molar-refractivity contribution in [2.75, 3.05) is 54.4 Å². The van der Waals surface area contributed by atoms with Gasteiger partial charge in [0.25, 0.3) is 0 Å². The summed E-state index contributed by atoms with van der Waals surface area (Å²) in [4.78, 5) is 83.0. The second-order valence-corrected chi connectivity index (χ2v) is 23.1. The molecule has 13 N–H and O–H groups in total. The lowest BCUT2D eigenvalue weighted by atomic mass is 9.85. The lowest BCUT2D eigenvalue weighted by Crippen LogP contribution is -2.60. The van der Waals surface area contributed by atoms with Crippen molar-refractivity contribution >= 4 is 35.8 Å². The summed E-state index contributed by atoms with van der Waals surface area (Å²) >= 11 is 0. The van der Waals surface area contributed by atoms with E-state index in [0.717, 1.165) is 40.1 Å². The van der Waals surface area contributed by atoms with Crippen LogP contribution in [0.4, 0.5) is 0 Å². The number of carbonyl (C=O) groups excluding carboxylic acids is 6. The molecule has 6 aliphatic heterocycles. The van der Waals surface area contributed by atoms with Gasteiger partial charge in [0.2, 0.25) is 18.9 Å². The predicted molar refractivity (Wildman–Crippen MR) is 304 cm³/mol. The van der Waals surface area contributed by atoms with Gasteiger partial charge in [-0.25, -0.2) is 14.4 Å². The molecule has 0 aromatic carbocycles. The number of allylic oxidation sites excluding steroid dienone is 3. The molecule has 7 aliphatic rings. The molecule has 0 radical (unpaired) electrons. The van der Waals surface area contributed by atoms with Gasteiger partial charge in [0.1, 0.15) is 85.5 Å². The zero-order chi connectivity index (χ0) is 69.2. The van der Waals surface area contributed by atoms with E-state index in [-0.39, 0.29) is 39.9 Å². The van der Waals surface area contributed by atoms with Gasteiger partial charge in [-0.05, 0) is 33.1 Å². The van der Waals surface area contributed by atoms with Crippen molar-refractivity contribution in [1.29, 1.82) is 0 Å². The first-order valence-corrected chi connectivity index (χ1v) is 30.1. The van der Waals surface area contributed by atoms with Crippen molar-refractivity contribution in [3.05, 3.63) is 70.5 Å². The molecule has 3 saturated heterocycles. The van der Waals surface area contributed by atoms with Gasteiger partial charge in [-0.2, -0.15) is 0 Å². The van der Waals surface area contributed by atoms with Gasteiger partial charge in [-0.15, -0.1) is 0 Å². The van der Waals surface area contributed by atoms with Crippen LogP contribution in [0.1, 0.15) is 53.4 Å². The lowest BCUT2D eigenvalue weighted by Gasteiger charge is -2.42. The van der Waals surface area contributed by atoms with Gasteiger partial charge >= 0.3 is 35.8 Å². The summed E-state index contributed by atoms with van der Waals surface area (Å²) < 4.78 is 84.3. The number of hydrogen-bond donors (Lipinski definition) is 13. The summed E-state index contributed by atoms with van der Waals surface area (Å²) in [5.41, 5.74) is -0.449. The molecule has 0 aromatic rings. The molecule has 34 nitrogen and oxygen atoms in total. The summed E-state index contributed by atoms with van der Waals surface area (Å²) in [6.07, 6.45) is -28.4. The Hall–Kier alpha value is -6.10. The molecule has 0 amide bonds. The van der Waals surface area contributed by atoms with Gasteiger partial charge in [0.15, 0.2) is 18.9 Å². The van der Waals surface area contributed by atoms with Gasteiger partial charge in [-0.1, -0.05) is 25.2 Å². The van der Waals surface area contributed by atoms with Crippen LogP contribution in [-0.2, 0) is 99.8 Å². The van der Waals surface area contributed by atoms with Crippen molar-refractivity contribution in [1.82, 2.24) is 0 Å². The zero-order valence-corrected chi connectivity index (χ0v) is 52.2. The van der Waals surface area contributed by atoms with Gasteiger partial charge < -0.3 is 137 Å². The highest BCUT2D eigenvalue weighted by molar-refractivity contribution is 5.92. The maximum atomic E-state index is 14.4. The summed E-state index contributed by atoms with van der Waals surface area (Å²) in [7, 11) is 3.18. The fourth-order valence-electron chi connectivity index (χ4n) is 12.4. The van der Waals surface area contributed by atoms with E-state index in [1.54, 1.807) is 6.92 Å². The first kappa shape index (κ1) is 75.3. The highest BCUT2D eigenvalue weighted by Gasteiger charge is 2.53. The van der Waals surface area contributed by atoms with E-state index < -0.39 is 247 Å². The molecule has 1 aliphatic carbocycles. The minimum atomic E-state index is -1.90. The van der Waals surface area contributed by atoms with Gasteiger partial charge in [0, 0.05) is 46.3 Å². The monoisotopic (exact) mass is 1350 g/mol. The van der Waals surface area contributed by atoms with E-state index in [9.17, 15) is 95.2 Å². The number of hydrogen-bond acceptors (Lipinski definition) is 34. The molecule has 6 heterocycles. The third-order valence-electron chi connectivity index (χ3n) is 17.8. The largest absolute Gasteiger partial charge is 0.468 e. The Kier molecular flexibility index (Phi) is 27.0. The highest BCUT2D eigenvalue weighted by Crippen LogP contribution is 2.45. The molecule has 1 saturated carbocycles. The molecule has 0 aromatic heterocycles. The van der Waals surface area contributed by atoms with Crippen LogP contribution >= 0.6 is 0 Å². The van der Waals surface area contributed by atoms with Crippen LogP contribution in [0.25, 0.3) is 0 Å². The molecule has 26 unspecified atom stereocenters. The Labute approximate surface area is 537 Å². The minimum absolute atomic E-state index is 0.0498. The van der Waals surface area contributed by atoms with Crippen molar-refractivity contribution in [2.24, 2.45) is 35.5 Å². The predicted octanol–water partition coefficient (Wildman–Crippen LogP) is -4.84. The molecule has 528 valence electrons. The van der Waals surface area contributed by atoms with E-state index in [1.165, 1.54) is 39.0 Å². The Morgan fingerprint density at radius 1 is 0.500 bits per heavy atom. The smallest absolute Gasteiger partial charge is 0.337 e. The first-order valence-electron chi connectivity index (χ1n) is 30.1. The average Bonchev–Trinajstić information content (AvgIpc) is 0.920. The van der Waals surface area contributed by atoms with E-state index >= 15 is 0 Å². The van der Waals surface area contributed by atoms with Crippen molar-refractivity contribution in [3.8, 4) is 0 Å². The topological polar surface area (TPSA) is 504 Å². The lowest BCUT2D eigenvalue weighted by molar-refractivity contribution is -0.327. The Morgan fingerprint density at radius 2 is 0.840 bits per heavy atom. The number of esters is 6. The summed E-state index contributed by atoms with van der Waals surface area (Å²) in [5, 5.41) is 135. The Balaban J connectivity index is 1.15. The van der Waals surface area contributed by atoms with Crippen LogP contribution in [0.15, 0.2) is 70.5 Å². The van der Waals surface area contributed by atoms with E-state index in [0.29, 0.717) is 0 Å². The normalized spacial score (nSPS) is 39.1. The SMILES string of the molecule is CC=C1C(OC2OC(CO)C(O)C(O)C2O)OC=C(C(=O)OC)C1CC(=O)OCC1C(C)C(OC(=O)CC2C(C(=O)OC)=COC(OC3OC(CO)C(O)C(O)C3O)C2=CC)CC1C(CO)OC(=O)CC1C(C(=O)OC)=COC(OC2OC(CO)C(O)C(O)C2O)C1=CC. The first-order chi connectivity index (χ1) is 44.8. The van der Waals surface area contributed by atoms with Crippen LogP contribution in [0, 0.1) is 35.5 Å². The highest BCUT2D eigenvalue weighted by atomic mass is 16.8. The van der Waals surface area contributed by atoms with E-state index in [2.05, 4.69) is 0 Å². The fraction of sp³-hybridized carbons (Fsp3) is 0.700. The summed E-state index contributed by atoms with van der Waals surface area (Å²) in [6.45, 7) is 2.21. The molecule has 26 atom stereocenters. The van der Waals surface area contributed by atoms with Crippen LogP contribution in [0.2, 0.25) is 0 Å². The second-order valence-electron chi connectivity index (χ2n) is 23.1. The second kappa shape index (κ2) is 33.7. The van der Waals surface area contributed by atoms with Crippen molar-refractivity contribution in [3.63, 3.8) is 0 Å². The summed E-state index contributed by atoms with van der Waals surface area (Å²) in [6, 6.07) is 0. The molecule has 0 spiro atoms. The molecule has 7 rings (SSSR count). The molecular weight excluding hydrogens is 1260 g/mol. The third-order valence-corrected chi connectivity index (χ3v) is 17.8. The van der Waals surface area contributed by atoms with Crippen LogP contribution in [-0.4, -0.2) is 280 Å². The summed E-state index contributed by atoms with van der Waals surface area (Å²) in [5.74, 6) is -12.6. The number of methoxy groups -OCH3 is 3. The number of carbonyl (C=O) groups is 6. The van der Waals surface area contributed by atoms with Crippen LogP contribution in [0.3, 0.4) is 0 Å². The van der Waals surface area contributed by atoms with Crippen LogP contribution < -0.4 is 0 Å². The molecule has 4 fully saturated rings. The molecule has 94 heavy (non-hydrogen) atoms. The van der Waals surface area contributed by atoms with Crippen LogP contribution in [0.5, 0.6) is 0 Å². The molecule has 0 bridgehead atoms.